The van der Waals surface area contributed by atoms with Crippen LogP contribution in [0.4, 0.5) is 5.69 Å². The maximum Gasteiger partial charge on any atom is 0.338 e. The third kappa shape index (κ3) is 5.43. The number of methoxy groups -OCH3 is 1. The molecule has 0 fully saturated rings. The van der Waals surface area contributed by atoms with Gasteiger partial charge in [0.25, 0.3) is 0 Å². The standard InChI is InChI=1S/C21H23N3O4S2/c1-4-28-20(26)18-13(2)22-21(24-19(18)16-9-6-10-29-16)30-12-17(25)23-14-7-5-8-15(11-14)27-3/h5-11,19H,4,12H2,1-3H3,(H,22,24)(H,23,25)/t19-/m1/s1. The summed E-state index contributed by atoms with van der Waals surface area (Å²) in [5.41, 5.74) is 1.83. The smallest absolute Gasteiger partial charge is 0.338 e. The van der Waals surface area contributed by atoms with Gasteiger partial charge in [-0.05, 0) is 37.4 Å². The molecule has 1 atom stereocenters. The van der Waals surface area contributed by atoms with Crippen LogP contribution >= 0.6 is 23.1 Å². The zero-order valence-corrected chi connectivity index (χ0v) is 18.6. The summed E-state index contributed by atoms with van der Waals surface area (Å²) in [5, 5.41) is 8.50. The van der Waals surface area contributed by atoms with E-state index in [1.807, 2.05) is 36.6 Å². The van der Waals surface area contributed by atoms with Crippen LogP contribution < -0.4 is 15.4 Å². The molecule has 2 heterocycles. The highest BCUT2D eigenvalue weighted by Gasteiger charge is 2.31. The minimum Gasteiger partial charge on any atom is -0.497 e. The lowest BCUT2D eigenvalue weighted by molar-refractivity contribution is -0.139. The summed E-state index contributed by atoms with van der Waals surface area (Å²) >= 11 is 2.81. The second-order valence-electron chi connectivity index (χ2n) is 6.31. The maximum atomic E-state index is 12.5. The lowest BCUT2D eigenvalue weighted by atomic mass is 10.0. The molecule has 9 heteroatoms. The number of amides is 1. The van der Waals surface area contributed by atoms with Crippen molar-refractivity contribution < 1.29 is 19.1 Å². The maximum absolute atomic E-state index is 12.5. The third-order valence-electron chi connectivity index (χ3n) is 4.22. The number of allylic oxidation sites excluding steroid dienone is 1. The number of esters is 1. The van der Waals surface area contributed by atoms with Gasteiger partial charge in [0, 0.05) is 22.3 Å². The molecule has 1 aromatic carbocycles. The summed E-state index contributed by atoms with van der Waals surface area (Å²) in [6.45, 7) is 3.89. The highest BCUT2D eigenvalue weighted by molar-refractivity contribution is 8.14. The quantitative estimate of drug-likeness (QED) is 0.627. The Morgan fingerprint density at radius 1 is 1.30 bits per heavy atom. The fourth-order valence-corrected chi connectivity index (χ4v) is 4.39. The van der Waals surface area contributed by atoms with E-state index in [0.29, 0.717) is 34.5 Å². The van der Waals surface area contributed by atoms with Gasteiger partial charge >= 0.3 is 5.97 Å². The molecule has 1 aromatic heterocycles. The lowest BCUT2D eigenvalue weighted by Crippen LogP contribution is -2.31. The molecule has 0 saturated heterocycles. The number of benzene rings is 1. The molecule has 7 nitrogen and oxygen atoms in total. The number of aliphatic imine (C=N–C) groups is 1. The molecule has 3 rings (SSSR count). The summed E-state index contributed by atoms with van der Waals surface area (Å²) in [4.78, 5) is 30.5. The Morgan fingerprint density at radius 2 is 2.13 bits per heavy atom. The van der Waals surface area contributed by atoms with Gasteiger partial charge in [-0.25, -0.2) is 9.79 Å². The summed E-state index contributed by atoms with van der Waals surface area (Å²) in [6.07, 6.45) is 0. The Bertz CT molecular complexity index is 970. The van der Waals surface area contributed by atoms with Gasteiger partial charge in [-0.3, -0.25) is 4.79 Å². The lowest BCUT2D eigenvalue weighted by Gasteiger charge is -2.24. The zero-order chi connectivity index (χ0) is 21.5. The van der Waals surface area contributed by atoms with Crippen molar-refractivity contribution in [2.45, 2.75) is 19.9 Å². The first-order valence-electron chi connectivity index (χ1n) is 9.34. The average molecular weight is 446 g/mol. The van der Waals surface area contributed by atoms with E-state index in [2.05, 4.69) is 15.6 Å². The Morgan fingerprint density at radius 3 is 2.83 bits per heavy atom. The molecule has 0 bridgehead atoms. The molecule has 1 aliphatic heterocycles. The summed E-state index contributed by atoms with van der Waals surface area (Å²) in [5.74, 6) is 0.292. The molecule has 0 radical (unpaired) electrons. The summed E-state index contributed by atoms with van der Waals surface area (Å²) in [6, 6.07) is 10.6. The van der Waals surface area contributed by atoms with Crippen LogP contribution in [0, 0.1) is 0 Å². The Hall–Kier alpha value is -2.78. The molecule has 0 aliphatic carbocycles. The second-order valence-corrected chi connectivity index (χ2v) is 8.25. The van der Waals surface area contributed by atoms with Crippen molar-refractivity contribution in [1.82, 2.24) is 5.32 Å². The van der Waals surface area contributed by atoms with Crippen molar-refractivity contribution in [2.75, 3.05) is 24.8 Å². The second kappa shape index (κ2) is 10.3. The zero-order valence-electron chi connectivity index (χ0n) is 16.9. The van der Waals surface area contributed by atoms with E-state index in [-0.39, 0.29) is 17.6 Å². The van der Waals surface area contributed by atoms with E-state index >= 15 is 0 Å². The number of amidine groups is 1. The minimum atomic E-state index is -0.450. The summed E-state index contributed by atoms with van der Waals surface area (Å²) in [7, 11) is 1.58. The fraction of sp³-hybridized carbons (Fsp3) is 0.286. The topological polar surface area (TPSA) is 89.0 Å². The van der Waals surface area contributed by atoms with Gasteiger partial charge in [-0.15, -0.1) is 11.3 Å². The highest BCUT2D eigenvalue weighted by atomic mass is 32.2. The molecule has 0 spiro atoms. The monoisotopic (exact) mass is 445 g/mol. The molecule has 2 N–H and O–H groups in total. The van der Waals surface area contributed by atoms with Crippen molar-refractivity contribution in [2.24, 2.45) is 4.99 Å². The summed E-state index contributed by atoms with van der Waals surface area (Å²) < 4.78 is 10.4. The first-order valence-corrected chi connectivity index (χ1v) is 11.2. The fourth-order valence-electron chi connectivity index (χ4n) is 2.88. The van der Waals surface area contributed by atoms with Crippen molar-refractivity contribution in [3.8, 4) is 5.75 Å². The predicted molar refractivity (Wildman–Crippen MR) is 121 cm³/mol. The van der Waals surface area contributed by atoms with E-state index < -0.39 is 6.04 Å². The van der Waals surface area contributed by atoms with Crippen LogP contribution in [-0.2, 0) is 14.3 Å². The Labute approximate surface area is 183 Å². The van der Waals surface area contributed by atoms with E-state index in [1.165, 1.54) is 23.1 Å². The van der Waals surface area contributed by atoms with Gasteiger partial charge in [-0.2, -0.15) is 0 Å². The normalized spacial score (nSPS) is 15.8. The van der Waals surface area contributed by atoms with Crippen LogP contribution in [0.3, 0.4) is 0 Å². The molecule has 2 aromatic rings. The van der Waals surface area contributed by atoms with Gasteiger partial charge in [-0.1, -0.05) is 23.9 Å². The Balaban J connectivity index is 1.69. The van der Waals surface area contributed by atoms with Crippen LogP contribution in [0.5, 0.6) is 5.75 Å². The van der Waals surface area contributed by atoms with Gasteiger partial charge < -0.3 is 20.1 Å². The number of thiophene rings is 1. The van der Waals surface area contributed by atoms with Crippen LogP contribution in [0.1, 0.15) is 24.8 Å². The molecule has 1 amide bonds. The van der Waals surface area contributed by atoms with Crippen molar-refractivity contribution >= 4 is 45.8 Å². The van der Waals surface area contributed by atoms with Gasteiger partial charge in [0.2, 0.25) is 5.91 Å². The molecule has 158 valence electrons. The highest BCUT2D eigenvalue weighted by Crippen LogP contribution is 2.35. The number of nitrogens with one attached hydrogen (secondary N) is 2. The number of hydrogen-bond acceptors (Lipinski definition) is 8. The number of carbonyl (C=O) groups is 2. The van der Waals surface area contributed by atoms with Gasteiger partial charge in [0.15, 0.2) is 5.17 Å². The number of rotatable bonds is 7. The number of hydrogen-bond donors (Lipinski definition) is 2. The van der Waals surface area contributed by atoms with Gasteiger partial charge in [0.05, 0.1) is 25.0 Å². The number of nitrogens with zero attached hydrogens (tertiary/aromatic N) is 1. The molecular weight excluding hydrogens is 422 g/mol. The van der Waals surface area contributed by atoms with Crippen LogP contribution in [0.25, 0.3) is 0 Å². The first kappa shape index (κ1) is 21.9. The largest absolute Gasteiger partial charge is 0.497 e. The average Bonchev–Trinajstić information content (AvgIpc) is 3.27. The van der Waals surface area contributed by atoms with Crippen molar-refractivity contribution in [3.05, 3.63) is 57.9 Å². The minimum absolute atomic E-state index is 0.164. The molecular formula is C21H23N3O4S2. The van der Waals surface area contributed by atoms with E-state index in [1.54, 1.807) is 26.2 Å². The predicted octanol–water partition coefficient (Wildman–Crippen LogP) is 3.97. The number of anilines is 1. The van der Waals surface area contributed by atoms with E-state index in [4.69, 9.17) is 9.47 Å². The first-order chi connectivity index (χ1) is 14.5. The molecule has 30 heavy (non-hydrogen) atoms. The van der Waals surface area contributed by atoms with Crippen LogP contribution in [0.2, 0.25) is 0 Å². The molecule has 0 saturated carbocycles. The van der Waals surface area contributed by atoms with Crippen LogP contribution in [0.15, 0.2) is 58.0 Å². The number of carbonyl (C=O) groups excluding carboxylic acids is 2. The van der Waals surface area contributed by atoms with Crippen LogP contribution in [-0.4, -0.2) is 36.5 Å². The molecule has 1 aliphatic rings. The third-order valence-corrected chi connectivity index (χ3v) is 6.03. The van der Waals surface area contributed by atoms with Crippen molar-refractivity contribution in [3.63, 3.8) is 0 Å². The number of thioether (sulfide) groups is 1. The van der Waals surface area contributed by atoms with Gasteiger partial charge in [0.1, 0.15) is 11.8 Å². The van der Waals surface area contributed by atoms with Crippen molar-refractivity contribution in [1.29, 1.82) is 0 Å². The Kier molecular flexibility index (Phi) is 7.53. The molecule has 0 unspecified atom stereocenters. The van der Waals surface area contributed by atoms with E-state index in [9.17, 15) is 9.59 Å². The van der Waals surface area contributed by atoms with E-state index in [0.717, 1.165) is 4.88 Å². The number of ether oxygens (including phenoxy) is 2. The SMILES string of the molecule is CCOC(=O)C1=C(C)NC(SCC(=O)Nc2cccc(OC)c2)=N[C@@H]1c1cccs1.